The maximum Gasteiger partial charge on any atom is 0.410 e. The van der Waals surface area contributed by atoms with Crippen LogP contribution in [0, 0.1) is 0 Å². The van der Waals surface area contributed by atoms with E-state index in [9.17, 15) is 4.79 Å². The molecule has 1 unspecified atom stereocenters. The van der Waals surface area contributed by atoms with Crippen molar-refractivity contribution in [2.45, 2.75) is 19.1 Å². The zero-order valence-corrected chi connectivity index (χ0v) is 15.7. The molecule has 0 radical (unpaired) electrons. The minimum absolute atomic E-state index is 0.239. The lowest BCUT2D eigenvalue weighted by atomic mass is 10.1. The summed E-state index contributed by atoms with van der Waals surface area (Å²) in [4.78, 5) is 14.2. The summed E-state index contributed by atoms with van der Waals surface area (Å²) in [6.07, 6.45) is 0.205. The number of hydrogen-bond acceptors (Lipinski definition) is 5. The van der Waals surface area contributed by atoms with Gasteiger partial charge in [-0.3, -0.25) is 0 Å². The molecule has 6 nitrogen and oxygen atoms in total. The Labute approximate surface area is 159 Å². The van der Waals surface area contributed by atoms with E-state index < -0.39 is 0 Å². The molecule has 0 aromatic heterocycles. The zero-order chi connectivity index (χ0) is 19.1. The molecule has 1 aliphatic rings. The van der Waals surface area contributed by atoms with Crippen molar-refractivity contribution in [1.29, 1.82) is 0 Å². The summed E-state index contributed by atoms with van der Waals surface area (Å²) in [6, 6.07) is 15.3. The maximum atomic E-state index is 12.5. The fraction of sp³-hybridized carbons (Fsp3) is 0.381. The second-order valence-corrected chi connectivity index (χ2v) is 6.31. The largest absolute Gasteiger partial charge is 0.493 e. The van der Waals surface area contributed by atoms with Crippen molar-refractivity contribution in [2.24, 2.45) is 0 Å². The SMILES string of the molecule is COc1ccc(C2CN(C(=O)OCc3ccccc3)CCCO2)cc1OC. The Balaban J connectivity index is 1.67. The first-order valence-electron chi connectivity index (χ1n) is 9.00. The van der Waals surface area contributed by atoms with Crippen molar-refractivity contribution >= 4 is 6.09 Å². The van der Waals surface area contributed by atoms with E-state index in [1.54, 1.807) is 19.1 Å². The van der Waals surface area contributed by atoms with Crippen LogP contribution in [-0.4, -0.2) is 44.9 Å². The van der Waals surface area contributed by atoms with E-state index in [0.29, 0.717) is 31.2 Å². The van der Waals surface area contributed by atoms with E-state index in [2.05, 4.69) is 0 Å². The van der Waals surface area contributed by atoms with Crippen LogP contribution in [0.1, 0.15) is 23.7 Å². The quantitative estimate of drug-likeness (QED) is 0.800. The van der Waals surface area contributed by atoms with E-state index in [-0.39, 0.29) is 18.8 Å². The Kier molecular flexibility index (Phi) is 6.54. The second-order valence-electron chi connectivity index (χ2n) is 6.31. The van der Waals surface area contributed by atoms with Gasteiger partial charge in [-0.1, -0.05) is 36.4 Å². The molecule has 0 spiro atoms. The molecule has 0 aliphatic carbocycles. The Hall–Kier alpha value is -2.73. The van der Waals surface area contributed by atoms with Crippen molar-refractivity contribution in [2.75, 3.05) is 33.9 Å². The fourth-order valence-corrected chi connectivity index (χ4v) is 3.06. The molecule has 0 saturated carbocycles. The molecule has 1 fully saturated rings. The van der Waals surface area contributed by atoms with E-state index in [1.807, 2.05) is 48.5 Å². The van der Waals surface area contributed by atoms with Crippen LogP contribution >= 0.6 is 0 Å². The van der Waals surface area contributed by atoms with Gasteiger partial charge in [-0.2, -0.15) is 0 Å². The first-order chi connectivity index (χ1) is 13.2. The van der Waals surface area contributed by atoms with Crippen LogP contribution in [-0.2, 0) is 16.1 Å². The standard InChI is InChI=1S/C21H25NO5/c1-24-18-10-9-17(13-19(18)25-2)20-14-22(11-6-12-26-20)21(23)27-15-16-7-4-3-5-8-16/h3-5,7-10,13,20H,6,11-12,14-15H2,1-2H3. The number of nitrogens with zero attached hydrogens (tertiary/aromatic N) is 1. The lowest BCUT2D eigenvalue weighted by Crippen LogP contribution is -2.34. The highest BCUT2D eigenvalue weighted by Gasteiger charge is 2.25. The highest BCUT2D eigenvalue weighted by molar-refractivity contribution is 5.67. The van der Waals surface area contributed by atoms with Gasteiger partial charge in [-0.25, -0.2) is 4.79 Å². The van der Waals surface area contributed by atoms with E-state index >= 15 is 0 Å². The van der Waals surface area contributed by atoms with Crippen LogP contribution in [0.4, 0.5) is 4.79 Å². The summed E-state index contributed by atoms with van der Waals surface area (Å²) in [5, 5.41) is 0. The van der Waals surface area contributed by atoms with Crippen LogP contribution in [0.5, 0.6) is 11.5 Å². The molecular weight excluding hydrogens is 346 g/mol. The van der Waals surface area contributed by atoms with Gasteiger partial charge >= 0.3 is 6.09 Å². The summed E-state index contributed by atoms with van der Waals surface area (Å²) < 4.78 is 22.1. The fourth-order valence-electron chi connectivity index (χ4n) is 3.06. The Bertz CT molecular complexity index is 749. The normalized spacial score (nSPS) is 17.1. The van der Waals surface area contributed by atoms with E-state index in [4.69, 9.17) is 18.9 Å². The van der Waals surface area contributed by atoms with Crippen LogP contribution in [0.25, 0.3) is 0 Å². The molecule has 3 rings (SSSR count). The maximum absolute atomic E-state index is 12.5. The van der Waals surface area contributed by atoms with Gasteiger partial charge in [0.05, 0.1) is 20.8 Å². The zero-order valence-electron chi connectivity index (χ0n) is 15.7. The van der Waals surface area contributed by atoms with Crippen molar-refractivity contribution < 1.29 is 23.7 Å². The molecule has 6 heteroatoms. The molecule has 27 heavy (non-hydrogen) atoms. The second kappa shape index (κ2) is 9.28. The van der Waals surface area contributed by atoms with Gasteiger partial charge in [0.2, 0.25) is 0 Å². The van der Waals surface area contributed by atoms with Crippen molar-refractivity contribution in [3.05, 3.63) is 59.7 Å². The smallest absolute Gasteiger partial charge is 0.410 e. The van der Waals surface area contributed by atoms with E-state index in [0.717, 1.165) is 17.5 Å². The first-order valence-corrected chi connectivity index (χ1v) is 9.00. The first kappa shape index (κ1) is 19.0. The number of carbonyl (C=O) groups is 1. The predicted molar refractivity (Wildman–Crippen MR) is 101 cm³/mol. The monoisotopic (exact) mass is 371 g/mol. The molecule has 1 amide bonds. The molecule has 1 aliphatic heterocycles. The lowest BCUT2D eigenvalue weighted by molar-refractivity contribution is 0.0465. The Morgan fingerprint density at radius 1 is 1.11 bits per heavy atom. The van der Waals surface area contributed by atoms with Crippen molar-refractivity contribution in [3.8, 4) is 11.5 Å². The third-order valence-corrected chi connectivity index (χ3v) is 4.52. The van der Waals surface area contributed by atoms with Gasteiger partial charge in [0.1, 0.15) is 12.7 Å². The summed E-state index contributed by atoms with van der Waals surface area (Å²) >= 11 is 0. The molecule has 0 N–H and O–H groups in total. The number of methoxy groups -OCH3 is 2. The van der Waals surface area contributed by atoms with Gasteiger partial charge in [0.25, 0.3) is 0 Å². The van der Waals surface area contributed by atoms with E-state index in [1.165, 1.54) is 0 Å². The highest BCUT2D eigenvalue weighted by Crippen LogP contribution is 2.32. The number of benzene rings is 2. The number of carbonyl (C=O) groups excluding carboxylic acids is 1. The molecule has 1 heterocycles. The molecule has 2 aromatic rings. The summed E-state index contributed by atoms with van der Waals surface area (Å²) in [7, 11) is 3.20. The summed E-state index contributed by atoms with van der Waals surface area (Å²) in [5.41, 5.74) is 1.91. The predicted octanol–water partition coefficient (Wildman–Crippen LogP) is 3.80. The molecular formula is C21H25NO5. The molecule has 1 atom stereocenters. The Morgan fingerprint density at radius 3 is 2.63 bits per heavy atom. The highest BCUT2D eigenvalue weighted by atomic mass is 16.6. The van der Waals surface area contributed by atoms with Gasteiger partial charge in [0, 0.05) is 13.2 Å². The minimum Gasteiger partial charge on any atom is -0.493 e. The topological polar surface area (TPSA) is 57.2 Å². The van der Waals surface area contributed by atoms with Crippen LogP contribution in [0.15, 0.2) is 48.5 Å². The van der Waals surface area contributed by atoms with Gasteiger partial charge < -0.3 is 23.8 Å². The molecule has 2 aromatic carbocycles. The third-order valence-electron chi connectivity index (χ3n) is 4.52. The average molecular weight is 371 g/mol. The lowest BCUT2D eigenvalue weighted by Gasteiger charge is -2.24. The van der Waals surface area contributed by atoms with Crippen LogP contribution < -0.4 is 9.47 Å². The van der Waals surface area contributed by atoms with Crippen LogP contribution in [0.2, 0.25) is 0 Å². The van der Waals surface area contributed by atoms with Gasteiger partial charge in [0.15, 0.2) is 11.5 Å². The van der Waals surface area contributed by atoms with Crippen molar-refractivity contribution in [1.82, 2.24) is 4.90 Å². The van der Waals surface area contributed by atoms with Crippen LogP contribution in [0.3, 0.4) is 0 Å². The number of ether oxygens (including phenoxy) is 4. The molecule has 1 saturated heterocycles. The average Bonchev–Trinajstić information content (AvgIpc) is 2.98. The number of amides is 1. The summed E-state index contributed by atoms with van der Waals surface area (Å²) in [5.74, 6) is 1.30. The number of hydrogen-bond donors (Lipinski definition) is 0. The Morgan fingerprint density at radius 2 is 1.89 bits per heavy atom. The molecule has 0 bridgehead atoms. The molecule has 144 valence electrons. The summed E-state index contributed by atoms with van der Waals surface area (Å²) in [6.45, 7) is 1.89. The van der Waals surface area contributed by atoms with Crippen molar-refractivity contribution in [3.63, 3.8) is 0 Å². The number of rotatable bonds is 5. The van der Waals surface area contributed by atoms with Gasteiger partial charge in [-0.15, -0.1) is 0 Å². The third kappa shape index (κ3) is 4.92. The van der Waals surface area contributed by atoms with Gasteiger partial charge in [-0.05, 0) is 29.7 Å². The minimum atomic E-state index is -0.324.